The first-order chi connectivity index (χ1) is 35.6. The predicted octanol–water partition coefficient (Wildman–Crippen LogP) is 6.67. The number of nitrogens with two attached hydrogens (primary N) is 1. The highest BCUT2D eigenvalue weighted by molar-refractivity contribution is 7.24. The second kappa shape index (κ2) is 21.6. The van der Waals surface area contributed by atoms with Crippen LogP contribution in [0.2, 0.25) is 0 Å². The molecular formula is C54H54N12O5S2. The largest absolute Gasteiger partial charge is 0.462 e. The average Bonchev–Trinajstić information content (AvgIpc) is 4.01. The molecule has 2 saturated heterocycles. The quantitative estimate of drug-likeness (QED) is 0.154. The van der Waals surface area contributed by atoms with E-state index >= 15 is 0 Å². The number of fused-ring (bicyclic) bond motifs is 10. The second-order valence-corrected chi connectivity index (χ2v) is 19.8. The number of hydrogen-bond acceptors (Lipinski definition) is 16. The summed E-state index contributed by atoms with van der Waals surface area (Å²) in [5.74, 6) is 0.704. The zero-order chi connectivity index (χ0) is 50.6. The van der Waals surface area contributed by atoms with Gasteiger partial charge in [0.25, 0.3) is 5.91 Å². The Morgan fingerprint density at radius 1 is 0.603 bits per heavy atom. The van der Waals surface area contributed by atoms with Gasteiger partial charge >= 0.3 is 5.97 Å². The van der Waals surface area contributed by atoms with Crippen molar-refractivity contribution in [3.05, 3.63) is 165 Å². The lowest BCUT2D eigenvalue weighted by molar-refractivity contribution is 0.0527. The number of ether oxygens (including phenoxy) is 1. The first kappa shape index (κ1) is 48.9. The Balaban J connectivity index is 0.000000147. The minimum absolute atomic E-state index is 0.0831. The summed E-state index contributed by atoms with van der Waals surface area (Å²) in [5.41, 5.74) is 9.57. The van der Waals surface area contributed by atoms with Gasteiger partial charge in [0.05, 0.1) is 55.7 Å². The van der Waals surface area contributed by atoms with Gasteiger partial charge in [0.2, 0.25) is 10.9 Å². The molecule has 2 aromatic carbocycles. The number of piperazine rings is 2. The van der Waals surface area contributed by atoms with Gasteiger partial charge in [0, 0.05) is 71.3 Å². The van der Waals surface area contributed by atoms with Gasteiger partial charge in [-0.2, -0.15) is 0 Å². The van der Waals surface area contributed by atoms with Crippen LogP contribution < -0.4 is 31.7 Å². The van der Waals surface area contributed by atoms with Crippen molar-refractivity contribution >= 4 is 98.3 Å². The molecule has 0 aliphatic carbocycles. The van der Waals surface area contributed by atoms with Gasteiger partial charge in [0.15, 0.2) is 11.3 Å². The topological polar surface area (TPSA) is 189 Å². The van der Waals surface area contributed by atoms with E-state index in [-0.39, 0.29) is 35.1 Å². The van der Waals surface area contributed by atoms with Gasteiger partial charge in [-0.25, -0.2) is 14.8 Å². The van der Waals surface area contributed by atoms with E-state index in [0.717, 1.165) is 95.8 Å². The molecule has 372 valence electrons. The van der Waals surface area contributed by atoms with E-state index in [4.69, 9.17) is 20.4 Å². The zero-order valence-corrected chi connectivity index (χ0v) is 42.4. The number of nitrogens with one attached hydrogen (secondary N) is 1. The Hall–Kier alpha value is -7.68. The maximum absolute atomic E-state index is 13.7. The first-order valence-electron chi connectivity index (χ1n) is 24.2. The molecule has 8 aromatic heterocycles. The van der Waals surface area contributed by atoms with Crippen molar-refractivity contribution in [2.75, 3.05) is 82.9 Å². The molecule has 0 spiro atoms. The fourth-order valence-electron chi connectivity index (χ4n) is 9.04. The maximum atomic E-state index is 13.7. The normalized spacial score (nSPS) is 14.4. The Labute approximate surface area is 427 Å². The van der Waals surface area contributed by atoms with Crippen LogP contribution in [0.15, 0.2) is 131 Å². The molecule has 0 radical (unpaired) electrons. The van der Waals surface area contributed by atoms with E-state index in [9.17, 15) is 19.2 Å². The summed E-state index contributed by atoms with van der Waals surface area (Å²) in [5, 5.41) is 3.75. The number of thiazole rings is 2. The van der Waals surface area contributed by atoms with Gasteiger partial charge in [-0.05, 0) is 93.8 Å². The number of nitrogens with zero attached hydrogens (tertiary/aromatic N) is 10. The minimum atomic E-state index is -0.586. The summed E-state index contributed by atoms with van der Waals surface area (Å²) in [4.78, 5) is 81.3. The molecular weight excluding hydrogens is 961 g/mol. The van der Waals surface area contributed by atoms with E-state index in [1.54, 1.807) is 25.4 Å². The monoisotopic (exact) mass is 1010 g/mol. The van der Waals surface area contributed by atoms with Crippen LogP contribution in [0.25, 0.3) is 52.2 Å². The van der Waals surface area contributed by atoms with Gasteiger partial charge in [-0.3, -0.25) is 33.2 Å². The molecule has 2 fully saturated rings. The lowest BCUT2D eigenvalue weighted by atomic mass is 10.1. The van der Waals surface area contributed by atoms with Crippen LogP contribution in [-0.2, 0) is 17.8 Å². The van der Waals surface area contributed by atoms with Crippen LogP contribution in [0.1, 0.15) is 39.0 Å². The Morgan fingerprint density at radius 3 is 1.53 bits per heavy atom. The SMILES string of the molecule is CCOC(=O)c1c(=O)c2ccc(N3CCN(C)CC3)nc2n2c1sc1ccccc12.CN1CCN(c2ccc3c(=O)c(C(=O)NCc4ccccn4)c4sc5ccccc5n4c3n2)CC1.NCc1ccccn1. The number of pyridine rings is 6. The standard InChI is InChI=1S/C26H24N6O2S.C22H22N4O3S.C6H8N2/c1-30-12-14-31(15-13-30)21-10-9-18-23(33)22(25(34)28-16-17-6-4-5-11-27-17)26-32(24(18)29-21)19-7-2-3-8-20(19)35-26;1-3-29-22(28)18-19(27)14-8-9-17(25-12-10-24(2)11-13-25)23-20(14)26-15-6-4-5-7-16(15)30-21(18)26;7-5-6-3-1-2-4-8-6/h2-11H,12-16H2,1H3,(H,28,34);4-9H,3,10-13H2,1-2H3;1-4H,5,7H2. The fourth-order valence-corrected chi connectivity index (χ4v) is 11.4. The number of amides is 1. The van der Waals surface area contributed by atoms with Gasteiger partial charge in [-0.1, -0.05) is 36.4 Å². The lowest BCUT2D eigenvalue weighted by Gasteiger charge is -2.33. The number of para-hydroxylation sites is 2. The van der Waals surface area contributed by atoms with Crippen molar-refractivity contribution in [1.29, 1.82) is 0 Å². The smallest absolute Gasteiger partial charge is 0.345 e. The van der Waals surface area contributed by atoms with Crippen LogP contribution in [0, 0.1) is 0 Å². The Kier molecular flexibility index (Phi) is 14.5. The van der Waals surface area contributed by atoms with Crippen molar-refractivity contribution in [2.45, 2.75) is 20.0 Å². The van der Waals surface area contributed by atoms with Crippen molar-refractivity contribution in [2.24, 2.45) is 5.73 Å². The van der Waals surface area contributed by atoms with Gasteiger partial charge in [0.1, 0.15) is 32.4 Å². The summed E-state index contributed by atoms with van der Waals surface area (Å²) in [6.07, 6.45) is 3.42. The van der Waals surface area contributed by atoms with Crippen LogP contribution in [0.5, 0.6) is 0 Å². The number of aromatic nitrogens is 6. The van der Waals surface area contributed by atoms with Crippen LogP contribution in [-0.4, -0.2) is 123 Å². The minimum Gasteiger partial charge on any atom is -0.462 e. The summed E-state index contributed by atoms with van der Waals surface area (Å²) in [6.45, 7) is 10.1. The molecule has 2 aliphatic rings. The highest BCUT2D eigenvalue weighted by Crippen LogP contribution is 2.33. The number of carbonyl (C=O) groups is 2. The number of benzene rings is 2. The Morgan fingerprint density at radius 2 is 1.07 bits per heavy atom. The number of carbonyl (C=O) groups excluding carboxylic acids is 2. The molecule has 73 heavy (non-hydrogen) atoms. The molecule has 0 atom stereocenters. The van der Waals surface area contributed by atoms with Crippen molar-refractivity contribution in [3.63, 3.8) is 0 Å². The summed E-state index contributed by atoms with van der Waals surface area (Å²) >= 11 is 2.85. The third-order valence-corrected chi connectivity index (χ3v) is 15.3. The summed E-state index contributed by atoms with van der Waals surface area (Å²) in [6, 6.07) is 34.4. The number of anilines is 2. The third-order valence-electron chi connectivity index (χ3n) is 13.0. The first-order valence-corrected chi connectivity index (χ1v) is 25.8. The van der Waals surface area contributed by atoms with Crippen LogP contribution in [0.3, 0.4) is 0 Å². The van der Waals surface area contributed by atoms with Crippen molar-refractivity contribution < 1.29 is 14.3 Å². The highest BCUT2D eigenvalue weighted by atomic mass is 32.1. The maximum Gasteiger partial charge on any atom is 0.345 e. The average molecular weight is 1020 g/mol. The summed E-state index contributed by atoms with van der Waals surface area (Å²) < 4.78 is 11.1. The third kappa shape index (κ3) is 9.97. The predicted molar refractivity (Wildman–Crippen MR) is 292 cm³/mol. The molecule has 0 bridgehead atoms. The highest BCUT2D eigenvalue weighted by Gasteiger charge is 2.26. The molecule has 10 heterocycles. The molecule has 1 amide bonds. The molecule has 12 rings (SSSR count). The lowest BCUT2D eigenvalue weighted by Crippen LogP contribution is -2.44. The number of esters is 1. The second-order valence-electron chi connectivity index (χ2n) is 17.7. The van der Waals surface area contributed by atoms with Gasteiger partial charge in [-0.15, -0.1) is 22.7 Å². The van der Waals surface area contributed by atoms with E-state index < -0.39 is 11.9 Å². The fraction of sp³-hybridized carbons (Fsp3) is 0.259. The molecule has 0 unspecified atom stereocenters. The van der Waals surface area contributed by atoms with E-state index in [0.29, 0.717) is 38.3 Å². The van der Waals surface area contributed by atoms with E-state index in [2.05, 4.69) is 49.0 Å². The zero-order valence-electron chi connectivity index (χ0n) is 40.7. The molecule has 2 aliphatic heterocycles. The summed E-state index contributed by atoms with van der Waals surface area (Å²) in [7, 11) is 4.23. The molecule has 17 nitrogen and oxygen atoms in total. The molecule has 10 aromatic rings. The molecule has 3 N–H and O–H groups in total. The van der Waals surface area contributed by atoms with E-state index in [1.165, 1.54) is 22.7 Å². The molecule has 19 heteroatoms. The van der Waals surface area contributed by atoms with E-state index in [1.807, 2.05) is 112 Å². The van der Waals surface area contributed by atoms with Gasteiger partial charge < -0.3 is 35.4 Å². The number of likely N-dealkylation sites (N-methyl/N-ethyl adjacent to an activating group) is 2. The van der Waals surface area contributed by atoms with Crippen LogP contribution in [0.4, 0.5) is 11.6 Å². The van der Waals surface area contributed by atoms with Crippen molar-refractivity contribution in [3.8, 4) is 0 Å². The molecule has 0 saturated carbocycles. The van der Waals surface area contributed by atoms with Crippen LogP contribution >= 0.6 is 22.7 Å². The van der Waals surface area contributed by atoms with Crippen molar-refractivity contribution in [1.82, 2.24) is 43.9 Å². The number of rotatable bonds is 8. The Bertz CT molecular complexity index is 3750. The number of hydrogen-bond donors (Lipinski definition) is 2.